The van der Waals surface area contributed by atoms with E-state index in [-0.39, 0.29) is 16.9 Å². The first-order chi connectivity index (χ1) is 13.4. The van der Waals surface area contributed by atoms with Gasteiger partial charge in [0, 0.05) is 25.3 Å². The van der Waals surface area contributed by atoms with Crippen LogP contribution in [0.1, 0.15) is 11.3 Å². The minimum Gasteiger partial charge on any atom is -0.316 e. The molecule has 3 aromatic rings. The van der Waals surface area contributed by atoms with E-state index in [2.05, 4.69) is 5.32 Å². The van der Waals surface area contributed by atoms with E-state index >= 15 is 0 Å². The predicted octanol–water partition coefficient (Wildman–Crippen LogP) is 3.04. The van der Waals surface area contributed by atoms with Crippen LogP contribution in [-0.4, -0.2) is 20.2 Å². The highest BCUT2D eigenvalue weighted by Crippen LogP contribution is 2.15. The molecule has 8 nitrogen and oxygen atoms in total. The fourth-order valence-corrected chi connectivity index (χ4v) is 2.76. The molecule has 1 aromatic heterocycles. The summed E-state index contributed by atoms with van der Waals surface area (Å²) in [5.41, 5.74) is 1.79. The lowest BCUT2D eigenvalue weighted by molar-refractivity contribution is -0.384. The third-order valence-corrected chi connectivity index (χ3v) is 4.33. The second kappa shape index (κ2) is 7.75. The number of non-ortho nitro benzene ring substituents is 1. The van der Waals surface area contributed by atoms with Crippen molar-refractivity contribution in [2.75, 3.05) is 5.32 Å². The van der Waals surface area contributed by atoms with Gasteiger partial charge in [0.2, 0.25) is 5.91 Å². The Kier molecular flexibility index (Phi) is 5.21. The predicted molar refractivity (Wildman–Crippen MR) is 107 cm³/mol. The van der Waals surface area contributed by atoms with Gasteiger partial charge in [-0.3, -0.25) is 24.4 Å². The number of anilines is 1. The number of benzene rings is 2. The summed E-state index contributed by atoms with van der Waals surface area (Å²) in [7, 11) is 1.74. The number of rotatable bonds is 5. The minimum absolute atomic E-state index is 0.0250. The summed E-state index contributed by atoms with van der Waals surface area (Å²) in [6, 6.07) is 14.9. The van der Waals surface area contributed by atoms with E-state index in [0.29, 0.717) is 16.9 Å². The lowest BCUT2D eigenvalue weighted by Crippen LogP contribution is -2.22. The van der Waals surface area contributed by atoms with Crippen LogP contribution in [0.25, 0.3) is 11.8 Å². The van der Waals surface area contributed by atoms with E-state index in [1.807, 2.05) is 18.2 Å². The van der Waals surface area contributed by atoms with Crippen molar-refractivity contribution in [3.8, 4) is 5.69 Å². The van der Waals surface area contributed by atoms with Crippen molar-refractivity contribution in [3.63, 3.8) is 0 Å². The molecule has 0 saturated carbocycles. The first kappa shape index (κ1) is 18.8. The number of hydrogen-bond donors (Lipinski definition) is 1. The summed E-state index contributed by atoms with van der Waals surface area (Å²) >= 11 is 0. The third-order valence-electron chi connectivity index (χ3n) is 4.33. The minimum atomic E-state index is -0.490. The van der Waals surface area contributed by atoms with Crippen LogP contribution in [-0.2, 0) is 11.8 Å². The number of nitro benzene ring substituents is 1. The number of hydrogen-bond acceptors (Lipinski definition) is 4. The molecule has 0 fully saturated rings. The van der Waals surface area contributed by atoms with Crippen molar-refractivity contribution in [1.82, 2.24) is 9.36 Å². The number of para-hydroxylation sites is 1. The van der Waals surface area contributed by atoms with Crippen molar-refractivity contribution in [2.24, 2.45) is 7.05 Å². The Morgan fingerprint density at radius 1 is 1.11 bits per heavy atom. The zero-order valence-electron chi connectivity index (χ0n) is 15.3. The first-order valence-corrected chi connectivity index (χ1v) is 8.46. The zero-order chi connectivity index (χ0) is 20.3. The summed E-state index contributed by atoms with van der Waals surface area (Å²) < 4.78 is 3.15. The average molecular weight is 378 g/mol. The maximum Gasteiger partial charge on any atom is 0.295 e. The summed E-state index contributed by atoms with van der Waals surface area (Å²) in [5, 5.41) is 13.3. The molecule has 0 aliphatic heterocycles. The van der Waals surface area contributed by atoms with E-state index in [0.717, 1.165) is 0 Å². The van der Waals surface area contributed by atoms with Gasteiger partial charge in [-0.2, -0.15) is 0 Å². The summed E-state index contributed by atoms with van der Waals surface area (Å²) in [6.45, 7) is 1.75. The highest BCUT2D eigenvalue weighted by atomic mass is 16.6. The SMILES string of the molecule is Cc1c(NC(=O)C=Cc2ccc([N+](=O)[O-])cc2)c(=O)n(-c2ccccc2)n1C. The van der Waals surface area contributed by atoms with E-state index in [1.165, 1.54) is 41.1 Å². The molecule has 1 heterocycles. The molecule has 0 unspecified atom stereocenters. The van der Waals surface area contributed by atoms with Crippen LogP contribution < -0.4 is 10.9 Å². The van der Waals surface area contributed by atoms with E-state index < -0.39 is 10.8 Å². The fourth-order valence-electron chi connectivity index (χ4n) is 2.76. The van der Waals surface area contributed by atoms with Crippen LogP contribution in [0, 0.1) is 17.0 Å². The summed E-state index contributed by atoms with van der Waals surface area (Å²) in [4.78, 5) is 35.2. The quantitative estimate of drug-likeness (QED) is 0.419. The molecular weight excluding hydrogens is 360 g/mol. The Morgan fingerprint density at radius 2 is 1.75 bits per heavy atom. The van der Waals surface area contributed by atoms with Crippen LogP contribution >= 0.6 is 0 Å². The van der Waals surface area contributed by atoms with E-state index in [4.69, 9.17) is 0 Å². The molecule has 28 heavy (non-hydrogen) atoms. The van der Waals surface area contributed by atoms with Crippen LogP contribution in [0.2, 0.25) is 0 Å². The molecule has 1 amide bonds. The number of carbonyl (C=O) groups is 1. The molecule has 142 valence electrons. The van der Waals surface area contributed by atoms with E-state index in [9.17, 15) is 19.7 Å². The molecule has 2 aromatic carbocycles. The smallest absolute Gasteiger partial charge is 0.295 e. The van der Waals surface area contributed by atoms with Gasteiger partial charge in [0.05, 0.1) is 16.3 Å². The standard InChI is InChI=1S/C20H18N4O4/c1-14-19(20(26)23(22(14)2)16-6-4-3-5-7-16)21-18(25)13-10-15-8-11-17(12-9-15)24(27)28/h3-13H,1-2H3,(H,21,25). The number of carbonyl (C=O) groups excluding carboxylic acids is 1. The Hall–Kier alpha value is -3.94. The molecule has 0 spiro atoms. The molecule has 0 atom stereocenters. The number of nitrogens with zero attached hydrogens (tertiary/aromatic N) is 3. The second-order valence-electron chi connectivity index (χ2n) is 6.11. The molecule has 0 aliphatic rings. The molecule has 0 aliphatic carbocycles. The number of amides is 1. The molecule has 8 heteroatoms. The zero-order valence-corrected chi connectivity index (χ0v) is 15.3. The van der Waals surface area contributed by atoms with Crippen LogP contribution in [0.4, 0.5) is 11.4 Å². The Balaban J connectivity index is 1.81. The third kappa shape index (κ3) is 3.75. The highest BCUT2D eigenvalue weighted by molar-refractivity contribution is 6.02. The van der Waals surface area contributed by atoms with Crippen LogP contribution in [0.5, 0.6) is 0 Å². The van der Waals surface area contributed by atoms with Crippen molar-refractivity contribution in [2.45, 2.75) is 6.92 Å². The van der Waals surface area contributed by atoms with Crippen molar-refractivity contribution >= 4 is 23.4 Å². The lowest BCUT2D eigenvalue weighted by Gasteiger charge is -2.07. The van der Waals surface area contributed by atoms with Crippen LogP contribution in [0.3, 0.4) is 0 Å². The van der Waals surface area contributed by atoms with Gasteiger partial charge in [0.1, 0.15) is 5.69 Å². The Morgan fingerprint density at radius 3 is 2.36 bits per heavy atom. The van der Waals surface area contributed by atoms with E-state index in [1.54, 1.807) is 30.8 Å². The Bertz CT molecular complexity index is 1110. The Labute approximate surface area is 160 Å². The number of aromatic nitrogens is 2. The van der Waals surface area contributed by atoms with Gasteiger partial charge in [-0.15, -0.1) is 0 Å². The van der Waals surface area contributed by atoms with Gasteiger partial charge in [-0.05, 0) is 42.8 Å². The maximum atomic E-state index is 12.8. The van der Waals surface area contributed by atoms with Gasteiger partial charge >= 0.3 is 0 Å². The average Bonchev–Trinajstić information content (AvgIpc) is 2.90. The topological polar surface area (TPSA) is 99.2 Å². The molecule has 1 N–H and O–H groups in total. The second-order valence-corrected chi connectivity index (χ2v) is 6.11. The molecule has 0 bridgehead atoms. The number of nitro groups is 1. The number of nitrogens with one attached hydrogen (secondary N) is 1. The monoisotopic (exact) mass is 378 g/mol. The highest BCUT2D eigenvalue weighted by Gasteiger charge is 2.17. The summed E-state index contributed by atoms with van der Waals surface area (Å²) in [6.07, 6.45) is 2.80. The fraction of sp³-hybridized carbons (Fsp3) is 0.100. The molecule has 3 rings (SSSR count). The molecular formula is C20H18N4O4. The van der Waals surface area contributed by atoms with Crippen molar-refractivity contribution in [1.29, 1.82) is 0 Å². The summed E-state index contributed by atoms with van der Waals surface area (Å²) in [5.74, 6) is -0.468. The van der Waals surface area contributed by atoms with Crippen molar-refractivity contribution in [3.05, 3.63) is 92.4 Å². The first-order valence-electron chi connectivity index (χ1n) is 8.46. The maximum absolute atomic E-state index is 12.8. The van der Waals surface area contributed by atoms with Gasteiger partial charge in [-0.1, -0.05) is 18.2 Å². The molecule has 0 radical (unpaired) electrons. The van der Waals surface area contributed by atoms with Gasteiger partial charge in [-0.25, -0.2) is 4.68 Å². The van der Waals surface area contributed by atoms with Gasteiger partial charge in [0.25, 0.3) is 11.2 Å². The largest absolute Gasteiger partial charge is 0.316 e. The van der Waals surface area contributed by atoms with Gasteiger partial charge in [0.15, 0.2) is 0 Å². The lowest BCUT2D eigenvalue weighted by atomic mass is 10.2. The van der Waals surface area contributed by atoms with Crippen LogP contribution in [0.15, 0.2) is 65.5 Å². The molecule has 0 saturated heterocycles. The normalized spacial score (nSPS) is 10.9. The van der Waals surface area contributed by atoms with Crippen molar-refractivity contribution < 1.29 is 9.72 Å². The van der Waals surface area contributed by atoms with Gasteiger partial charge < -0.3 is 5.32 Å².